The number of nitrogens with zero attached hydrogens (tertiary/aromatic N) is 1. The summed E-state index contributed by atoms with van der Waals surface area (Å²) in [5.74, 6) is -0.324. The second-order valence-corrected chi connectivity index (χ2v) is 7.16. The van der Waals surface area contributed by atoms with Gasteiger partial charge in [-0.1, -0.05) is 103 Å². The predicted molar refractivity (Wildman–Crippen MR) is 118 cm³/mol. The summed E-state index contributed by atoms with van der Waals surface area (Å²) in [6, 6.07) is 33.9. The third kappa shape index (κ3) is 3.09. The molecule has 29 heavy (non-hydrogen) atoms. The van der Waals surface area contributed by atoms with Gasteiger partial charge in [-0.15, -0.1) is 0 Å². The predicted octanol–water partition coefficient (Wildman–Crippen LogP) is 6.40. The zero-order valence-electron chi connectivity index (χ0n) is 15.8. The largest absolute Gasteiger partial charge is 0.293 e. The highest BCUT2D eigenvalue weighted by Crippen LogP contribution is 2.34. The van der Waals surface area contributed by atoms with Crippen molar-refractivity contribution in [3.8, 4) is 0 Å². The van der Waals surface area contributed by atoms with Gasteiger partial charge in [-0.2, -0.15) is 0 Å². The molecule has 1 heterocycles. The molecule has 5 aromatic rings. The Morgan fingerprint density at radius 3 is 2.10 bits per heavy atom. The van der Waals surface area contributed by atoms with Gasteiger partial charge in [0.1, 0.15) is 0 Å². The molecule has 1 atom stereocenters. The number of carbonyl (C=O) groups excluding carboxylic acids is 1. The number of para-hydroxylation sites is 1. The van der Waals surface area contributed by atoms with Gasteiger partial charge < -0.3 is 0 Å². The molecule has 5 rings (SSSR count). The normalized spacial score (nSPS) is 12.1. The van der Waals surface area contributed by atoms with E-state index in [4.69, 9.17) is 4.98 Å². The fraction of sp³-hybridized carbons (Fsp3) is 0.0370. The van der Waals surface area contributed by atoms with Crippen molar-refractivity contribution < 1.29 is 4.79 Å². The van der Waals surface area contributed by atoms with Gasteiger partial charge in [0.25, 0.3) is 0 Å². The maximum atomic E-state index is 13.6. The van der Waals surface area contributed by atoms with Gasteiger partial charge in [0, 0.05) is 22.5 Å². The van der Waals surface area contributed by atoms with Gasteiger partial charge in [-0.05, 0) is 16.5 Å². The number of hydrogen-bond acceptors (Lipinski definition) is 2. The first-order chi connectivity index (χ1) is 14.3. The van der Waals surface area contributed by atoms with Crippen LogP contribution < -0.4 is 0 Å². The first-order valence-electron chi connectivity index (χ1n) is 9.73. The minimum Gasteiger partial charge on any atom is -0.293 e. The lowest BCUT2D eigenvalue weighted by Crippen LogP contribution is -2.15. The Bertz CT molecular complexity index is 1310. The van der Waals surface area contributed by atoms with Crippen molar-refractivity contribution in [2.75, 3.05) is 0 Å². The molecule has 0 aliphatic rings. The molecule has 0 N–H and O–H groups in total. The fourth-order valence-corrected chi connectivity index (χ4v) is 4.03. The number of fused-ring (bicyclic) bond motifs is 3. The SMILES string of the molecule is O=C(c1ccccc1)C(c1ccccc1)c1cccc2c1ncc1ccccc12. The first-order valence-corrected chi connectivity index (χ1v) is 9.73. The van der Waals surface area contributed by atoms with Crippen molar-refractivity contribution in [2.24, 2.45) is 0 Å². The Hall–Kier alpha value is -3.78. The zero-order valence-corrected chi connectivity index (χ0v) is 15.8. The number of ketones is 1. The van der Waals surface area contributed by atoms with E-state index >= 15 is 0 Å². The number of Topliss-reactive ketones (excluding diaryl/α,β-unsaturated/α-hetero) is 1. The molecule has 0 saturated carbocycles. The number of aromatic nitrogens is 1. The lowest BCUT2D eigenvalue weighted by molar-refractivity contribution is 0.0974. The summed E-state index contributed by atoms with van der Waals surface area (Å²) < 4.78 is 0. The third-order valence-electron chi connectivity index (χ3n) is 5.42. The van der Waals surface area contributed by atoms with Crippen LogP contribution in [0.3, 0.4) is 0 Å². The Morgan fingerprint density at radius 1 is 0.655 bits per heavy atom. The van der Waals surface area contributed by atoms with Crippen molar-refractivity contribution in [1.29, 1.82) is 0 Å². The quantitative estimate of drug-likeness (QED) is 0.269. The van der Waals surface area contributed by atoms with Crippen LogP contribution in [0.15, 0.2) is 109 Å². The van der Waals surface area contributed by atoms with Gasteiger partial charge in [0.2, 0.25) is 0 Å². The summed E-state index contributed by atoms with van der Waals surface area (Å²) in [6.45, 7) is 0. The van der Waals surface area contributed by atoms with E-state index in [0.29, 0.717) is 5.56 Å². The maximum absolute atomic E-state index is 13.6. The van der Waals surface area contributed by atoms with Gasteiger partial charge in [-0.25, -0.2) is 0 Å². The lowest BCUT2D eigenvalue weighted by Gasteiger charge is -2.19. The molecule has 4 aromatic carbocycles. The number of hydrogen-bond donors (Lipinski definition) is 0. The fourth-order valence-electron chi connectivity index (χ4n) is 4.03. The minimum absolute atomic E-state index is 0.0826. The van der Waals surface area contributed by atoms with E-state index in [1.54, 1.807) is 0 Å². The molecule has 0 saturated heterocycles. The van der Waals surface area contributed by atoms with Crippen molar-refractivity contribution in [1.82, 2.24) is 4.98 Å². The van der Waals surface area contributed by atoms with E-state index in [1.165, 1.54) is 0 Å². The third-order valence-corrected chi connectivity index (χ3v) is 5.42. The van der Waals surface area contributed by atoms with Crippen LogP contribution in [0.2, 0.25) is 0 Å². The summed E-state index contributed by atoms with van der Waals surface area (Å²) in [5, 5.41) is 3.32. The van der Waals surface area contributed by atoms with E-state index < -0.39 is 5.92 Å². The van der Waals surface area contributed by atoms with Crippen LogP contribution in [0.1, 0.15) is 27.4 Å². The molecule has 0 aliphatic carbocycles. The topological polar surface area (TPSA) is 30.0 Å². The average Bonchev–Trinajstić information content (AvgIpc) is 2.80. The smallest absolute Gasteiger partial charge is 0.174 e. The Kier molecular flexibility index (Phi) is 4.38. The van der Waals surface area contributed by atoms with Crippen LogP contribution in [0.5, 0.6) is 0 Å². The molecule has 0 bridgehead atoms. The van der Waals surface area contributed by atoms with Gasteiger partial charge in [-0.3, -0.25) is 9.78 Å². The Labute approximate surface area is 169 Å². The number of benzene rings is 4. The van der Waals surface area contributed by atoms with Crippen LogP contribution in [-0.2, 0) is 0 Å². The maximum Gasteiger partial charge on any atom is 0.174 e. The van der Waals surface area contributed by atoms with Crippen LogP contribution in [0.4, 0.5) is 0 Å². The van der Waals surface area contributed by atoms with Crippen LogP contribution >= 0.6 is 0 Å². The molecule has 2 heteroatoms. The summed E-state index contributed by atoms with van der Waals surface area (Å²) in [4.78, 5) is 18.4. The number of carbonyl (C=O) groups is 1. The van der Waals surface area contributed by atoms with E-state index in [2.05, 4.69) is 18.2 Å². The van der Waals surface area contributed by atoms with E-state index in [1.807, 2.05) is 91.1 Å². The standard InChI is InChI=1S/C27H19NO/c29-27(20-12-5-2-6-13-20)25(19-10-3-1-4-11-19)24-17-9-16-23-22-15-8-7-14-21(22)18-28-26(23)24/h1-18,25H. The van der Waals surface area contributed by atoms with Crippen molar-refractivity contribution >= 4 is 27.5 Å². The minimum atomic E-state index is -0.407. The van der Waals surface area contributed by atoms with Crippen LogP contribution in [-0.4, -0.2) is 10.8 Å². The average molecular weight is 373 g/mol. The summed E-state index contributed by atoms with van der Waals surface area (Å²) >= 11 is 0. The highest BCUT2D eigenvalue weighted by molar-refractivity contribution is 6.09. The molecular weight excluding hydrogens is 354 g/mol. The molecule has 2 nitrogen and oxygen atoms in total. The van der Waals surface area contributed by atoms with E-state index in [-0.39, 0.29) is 5.78 Å². The number of pyridine rings is 1. The summed E-state index contributed by atoms with van der Waals surface area (Å²) in [7, 11) is 0. The second kappa shape index (κ2) is 7.33. The van der Waals surface area contributed by atoms with Crippen molar-refractivity contribution in [3.63, 3.8) is 0 Å². The van der Waals surface area contributed by atoms with E-state index in [9.17, 15) is 4.79 Å². The van der Waals surface area contributed by atoms with Crippen LogP contribution in [0.25, 0.3) is 21.7 Å². The highest BCUT2D eigenvalue weighted by Gasteiger charge is 2.26. The lowest BCUT2D eigenvalue weighted by atomic mass is 9.83. The highest BCUT2D eigenvalue weighted by atomic mass is 16.1. The molecule has 0 aliphatic heterocycles. The Morgan fingerprint density at radius 2 is 1.31 bits per heavy atom. The molecule has 0 fully saturated rings. The molecule has 138 valence electrons. The van der Waals surface area contributed by atoms with Gasteiger partial charge in [0.05, 0.1) is 11.4 Å². The monoisotopic (exact) mass is 373 g/mol. The molecule has 0 amide bonds. The molecular formula is C27H19NO. The zero-order chi connectivity index (χ0) is 19.6. The number of rotatable bonds is 4. The Balaban J connectivity index is 1.78. The van der Waals surface area contributed by atoms with Gasteiger partial charge >= 0.3 is 0 Å². The second-order valence-electron chi connectivity index (χ2n) is 7.16. The van der Waals surface area contributed by atoms with Crippen molar-refractivity contribution in [2.45, 2.75) is 5.92 Å². The summed E-state index contributed by atoms with van der Waals surface area (Å²) in [6.07, 6.45) is 1.90. The van der Waals surface area contributed by atoms with Crippen molar-refractivity contribution in [3.05, 3.63) is 126 Å². The van der Waals surface area contributed by atoms with Gasteiger partial charge in [0.15, 0.2) is 5.78 Å². The van der Waals surface area contributed by atoms with E-state index in [0.717, 1.165) is 32.8 Å². The molecule has 1 unspecified atom stereocenters. The van der Waals surface area contributed by atoms with Crippen LogP contribution in [0, 0.1) is 0 Å². The molecule has 0 spiro atoms. The molecule has 0 radical (unpaired) electrons. The molecule has 1 aromatic heterocycles. The first kappa shape index (κ1) is 17.3. The summed E-state index contributed by atoms with van der Waals surface area (Å²) in [5.41, 5.74) is 3.50.